The van der Waals surface area contributed by atoms with E-state index in [2.05, 4.69) is 0 Å². The highest BCUT2D eigenvalue weighted by Crippen LogP contribution is 2.15. The summed E-state index contributed by atoms with van der Waals surface area (Å²) in [6.45, 7) is -0.109. The maximum Gasteiger partial charge on any atom is 0.184 e. The van der Waals surface area contributed by atoms with Crippen LogP contribution in [0.25, 0.3) is 0 Å². The molecule has 0 saturated heterocycles. The molecule has 3 nitrogen and oxygen atoms in total. The van der Waals surface area contributed by atoms with Crippen molar-refractivity contribution in [1.82, 2.24) is 0 Å². The Bertz CT molecular complexity index is 534. The second kappa shape index (κ2) is 6.50. The van der Waals surface area contributed by atoms with E-state index in [-0.39, 0.29) is 12.4 Å². The lowest BCUT2D eigenvalue weighted by atomic mass is 9.97. The summed E-state index contributed by atoms with van der Waals surface area (Å²) in [5.41, 5.74) is 0.694. The second-order valence-corrected chi connectivity index (χ2v) is 4.09. The molecule has 1 atom stereocenters. The summed E-state index contributed by atoms with van der Waals surface area (Å²) in [4.78, 5) is 23.1. The summed E-state index contributed by atoms with van der Waals surface area (Å²) in [6, 6.07) is 18.0. The minimum Gasteiger partial charge on any atom is -0.486 e. The third-order valence-electron chi connectivity index (χ3n) is 2.77. The zero-order chi connectivity index (χ0) is 13.5. The molecule has 0 radical (unpaired) electrons. The van der Waals surface area contributed by atoms with Crippen molar-refractivity contribution in [2.45, 2.75) is 5.92 Å². The highest BCUT2D eigenvalue weighted by atomic mass is 16.5. The van der Waals surface area contributed by atoms with Gasteiger partial charge >= 0.3 is 0 Å². The van der Waals surface area contributed by atoms with Gasteiger partial charge in [-0.05, 0) is 17.7 Å². The molecule has 0 N–H and O–H groups in total. The van der Waals surface area contributed by atoms with Crippen molar-refractivity contribution in [1.29, 1.82) is 0 Å². The fourth-order valence-corrected chi connectivity index (χ4v) is 1.76. The number of carbonyl (C=O) groups excluding carboxylic acids is 2. The lowest BCUT2D eigenvalue weighted by molar-refractivity contribution is -0.125. The molecule has 3 heteroatoms. The monoisotopic (exact) mass is 254 g/mol. The third-order valence-corrected chi connectivity index (χ3v) is 2.77. The van der Waals surface area contributed by atoms with Crippen molar-refractivity contribution in [3.8, 4) is 5.75 Å². The number of para-hydroxylation sites is 1. The van der Waals surface area contributed by atoms with Crippen molar-refractivity contribution < 1.29 is 14.3 Å². The van der Waals surface area contributed by atoms with Crippen LogP contribution in [0, 0.1) is 0 Å². The molecule has 0 aliphatic heterocycles. The van der Waals surface area contributed by atoms with E-state index in [4.69, 9.17) is 4.74 Å². The van der Waals surface area contributed by atoms with Gasteiger partial charge in [-0.15, -0.1) is 0 Å². The van der Waals surface area contributed by atoms with Crippen LogP contribution in [0.1, 0.15) is 11.5 Å². The van der Waals surface area contributed by atoms with Crippen molar-refractivity contribution in [2.24, 2.45) is 0 Å². The van der Waals surface area contributed by atoms with Crippen LogP contribution in [0.5, 0.6) is 5.75 Å². The number of ether oxygens (including phenoxy) is 1. The van der Waals surface area contributed by atoms with Gasteiger partial charge in [0.1, 0.15) is 24.6 Å². The number of ketones is 1. The number of benzene rings is 2. The van der Waals surface area contributed by atoms with E-state index < -0.39 is 5.92 Å². The van der Waals surface area contributed by atoms with Gasteiger partial charge in [-0.25, -0.2) is 0 Å². The highest BCUT2D eigenvalue weighted by molar-refractivity contribution is 5.99. The fourth-order valence-electron chi connectivity index (χ4n) is 1.76. The molecular weight excluding hydrogens is 240 g/mol. The molecule has 0 amide bonds. The Hall–Kier alpha value is -2.42. The van der Waals surface area contributed by atoms with Crippen LogP contribution in [0.2, 0.25) is 0 Å². The molecule has 0 fully saturated rings. The van der Waals surface area contributed by atoms with E-state index in [1.165, 1.54) is 0 Å². The van der Waals surface area contributed by atoms with Gasteiger partial charge < -0.3 is 9.53 Å². The summed E-state index contributed by atoms with van der Waals surface area (Å²) >= 11 is 0. The molecular formula is C16H14O3. The highest BCUT2D eigenvalue weighted by Gasteiger charge is 2.19. The molecule has 1 unspecified atom stereocenters. The first kappa shape index (κ1) is 13.0. The van der Waals surface area contributed by atoms with Crippen molar-refractivity contribution in [3.05, 3.63) is 66.2 Å². The molecule has 0 saturated carbocycles. The van der Waals surface area contributed by atoms with Crippen LogP contribution in [0.4, 0.5) is 0 Å². The van der Waals surface area contributed by atoms with Gasteiger partial charge in [0.2, 0.25) is 0 Å². The number of rotatable bonds is 6. The van der Waals surface area contributed by atoms with Crippen molar-refractivity contribution in [2.75, 3.05) is 6.61 Å². The van der Waals surface area contributed by atoms with Crippen LogP contribution in [-0.2, 0) is 9.59 Å². The first-order chi connectivity index (χ1) is 9.31. The van der Waals surface area contributed by atoms with Gasteiger partial charge in [-0.1, -0.05) is 48.5 Å². The topological polar surface area (TPSA) is 43.4 Å². The Kier molecular flexibility index (Phi) is 4.45. The summed E-state index contributed by atoms with van der Waals surface area (Å²) in [7, 11) is 0. The largest absolute Gasteiger partial charge is 0.486 e. The van der Waals surface area contributed by atoms with Crippen LogP contribution < -0.4 is 4.74 Å². The Balaban J connectivity index is 2.00. The summed E-state index contributed by atoms with van der Waals surface area (Å²) in [5.74, 6) is -0.386. The maximum absolute atomic E-state index is 12.0. The second-order valence-electron chi connectivity index (χ2n) is 4.09. The predicted molar refractivity (Wildman–Crippen MR) is 72.2 cm³/mol. The number of hydrogen-bond donors (Lipinski definition) is 0. The molecule has 0 heterocycles. The summed E-state index contributed by atoms with van der Waals surface area (Å²) in [6.07, 6.45) is 0.659. The van der Waals surface area contributed by atoms with Gasteiger partial charge in [0.05, 0.1) is 0 Å². The lowest BCUT2D eigenvalue weighted by Gasteiger charge is -2.10. The molecule has 0 bridgehead atoms. The smallest absolute Gasteiger partial charge is 0.184 e. The standard InChI is InChI=1S/C16H14O3/c17-11-15(13-7-3-1-4-8-13)16(18)12-19-14-9-5-2-6-10-14/h1-11,15H,12H2. The normalized spacial score (nSPS) is 11.6. The minimum absolute atomic E-state index is 0.109. The molecule has 2 rings (SSSR count). The number of Topliss-reactive ketones (excluding diaryl/α,β-unsaturated/α-hetero) is 1. The van der Waals surface area contributed by atoms with E-state index in [9.17, 15) is 9.59 Å². The molecule has 0 aliphatic carbocycles. The van der Waals surface area contributed by atoms with Gasteiger partial charge in [-0.2, -0.15) is 0 Å². The molecule has 0 aromatic heterocycles. The SMILES string of the molecule is O=CC(C(=O)COc1ccccc1)c1ccccc1. The molecule has 2 aromatic rings. The van der Waals surface area contributed by atoms with Crippen LogP contribution >= 0.6 is 0 Å². The quantitative estimate of drug-likeness (QED) is 0.588. The number of hydrogen-bond acceptors (Lipinski definition) is 3. The molecule has 0 spiro atoms. The Morgan fingerprint density at radius 2 is 1.58 bits per heavy atom. The van der Waals surface area contributed by atoms with E-state index in [1.54, 1.807) is 36.4 Å². The third kappa shape index (κ3) is 3.52. The Labute approximate surface area is 111 Å². The van der Waals surface area contributed by atoms with Crippen LogP contribution in [0.15, 0.2) is 60.7 Å². The molecule has 2 aromatic carbocycles. The van der Waals surface area contributed by atoms with Crippen molar-refractivity contribution in [3.63, 3.8) is 0 Å². The lowest BCUT2D eigenvalue weighted by Crippen LogP contribution is -2.21. The fraction of sp³-hybridized carbons (Fsp3) is 0.125. The maximum atomic E-state index is 12.0. The van der Waals surface area contributed by atoms with Gasteiger partial charge in [0, 0.05) is 0 Å². The van der Waals surface area contributed by atoms with Gasteiger partial charge in [-0.3, -0.25) is 4.79 Å². The first-order valence-corrected chi connectivity index (χ1v) is 6.02. The van der Waals surface area contributed by atoms with E-state index in [1.807, 2.05) is 24.3 Å². The predicted octanol–water partition coefficient (Wildman–Crippen LogP) is 2.62. The number of carbonyl (C=O) groups is 2. The Morgan fingerprint density at radius 3 is 2.16 bits per heavy atom. The summed E-state index contributed by atoms with van der Waals surface area (Å²) in [5, 5.41) is 0. The first-order valence-electron chi connectivity index (χ1n) is 6.02. The molecule has 19 heavy (non-hydrogen) atoms. The van der Waals surface area contributed by atoms with E-state index >= 15 is 0 Å². The average Bonchev–Trinajstić information content (AvgIpc) is 2.48. The average molecular weight is 254 g/mol. The zero-order valence-electron chi connectivity index (χ0n) is 10.4. The zero-order valence-corrected chi connectivity index (χ0v) is 10.4. The van der Waals surface area contributed by atoms with Crippen LogP contribution in [-0.4, -0.2) is 18.7 Å². The number of aldehydes is 1. The van der Waals surface area contributed by atoms with Crippen molar-refractivity contribution >= 4 is 12.1 Å². The van der Waals surface area contributed by atoms with Crippen LogP contribution in [0.3, 0.4) is 0 Å². The van der Waals surface area contributed by atoms with E-state index in [0.717, 1.165) is 0 Å². The minimum atomic E-state index is -0.759. The molecule has 96 valence electrons. The van der Waals surface area contributed by atoms with Gasteiger partial charge in [0.25, 0.3) is 0 Å². The Morgan fingerprint density at radius 1 is 1.00 bits per heavy atom. The summed E-state index contributed by atoms with van der Waals surface area (Å²) < 4.78 is 5.36. The van der Waals surface area contributed by atoms with E-state index in [0.29, 0.717) is 17.6 Å². The molecule has 0 aliphatic rings. The van der Waals surface area contributed by atoms with Gasteiger partial charge in [0.15, 0.2) is 5.78 Å².